The molecule has 5 heteroatoms. The molecular formula is C17H17BrN2O2. The van der Waals surface area contributed by atoms with Gasteiger partial charge in [-0.3, -0.25) is 0 Å². The molecule has 0 heterocycles. The van der Waals surface area contributed by atoms with E-state index >= 15 is 0 Å². The second kappa shape index (κ2) is 7.83. The highest BCUT2D eigenvalue weighted by Crippen LogP contribution is 2.20. The molecule has 4 nitrogen and oxygen atoms in total. The maximum atomic E-state index is 9.98. The Morgan fingerprint density at radius 1 is 1.32 bits per heavy atom. The molecule has 0 amide bonds. The van der Waals surface area contributed by atoms with E-state index in [4.69, 9.17) is 10.00 Å². The molecule has 0 aromatic heterocycles. The van der Waals surface area contributed by atoms with Gasteiger partial charge in [0, 0.05) is 11.0 Å². The molecule has 0 spiro atoms. The molecule has 22 heavy (non-hydrogen) atoms. The van der Waals surface area contributed by atoms with Gasteiger partial charge in [0.25, 0.3) is 0 Å². The van der Waals surface area contributed by atoms with Gasteiger partial charge in [0.05, 0.1) is 11.3 Å². The summed E-state index contributed by atoms with van der Waals surface area (Å²) < 4.78 is 6.40. The van der Waals surface area contributed by atoms with Crippen molar-refractivity contribution in [3.63, 3.8) is 0 Å². The van der Waals surface area contributed by atoms with Crippen LogP contribution in [-0.2, 0) is 0 Å². The summed E-state index contributed by atoms with van der Waals surface area (Å²) >= 11 is 3.33. The van der Waals surface area contributed by atoms with E-state index in [1.807, 2.05) is 37.3 Å². The van der Waals surface area contributed by atoms with Crippen LogP contribution in [0.2, 0.25) is 0 Å². The number of nitriles is 1. The number of anilines is 1. The van der Waals surface area contributed by atoms with E-state index in [-0.39, 0.29) is 6.61 Å². The number of aliphatic hydroxyl groups excluding tert-OH is 1. The zero-order valence-corrected chi connectivity index (χ0v) is 13.8. The number of hydrogen-bond donors (Lipinski definition) is 2. The number of aryl methyl sites for hydroxylation is 1. The minimum atomic E-state index is -0.671. The molecule has 0 saturated carbocycles. The van der Waals surface area contributed by atoms with Crippen molar-refractivity contribution in [1.29, 1.82) is 5.26 Å². The first kappa shape index (κ1) is 16.3. The number of aliphatic hydroxyl groups is 1. The molecule has 1 atom stereocenters. The van der Waals surface area contributed by atoms with Crippen LogP contribution < -0.4 is 10.1 Å². The minimum Gasteiger partial charge on any atom is -0.491 e. The molecule has 2 aromatic rings. The maximum absolute atomic E-state index is 9.98. The summed E-state index contributed by atoms with van der Waals surface area (Å²) in [5, 5.41) is 22.1. The van der Waals surface area contributed by atoms with Crippen LogP contribution in [-0.4, -0.2) is 24.4 Å². The van der Waals surface area contributed by atoms with Gasteiger partial charge in [0.2, 0.25) is 0 Å². The van der Waals surface area contributed by atoms with Crippen molar-refractivity contribution in [3.8, 4) is 11.8 Å². The van der Waals surface area contributed by atoms with Crippen molar-refractivity contribution in [2.45, 2.75) is 13.0 Å². The van der Waals surface area contributed by atoms with Gasteiger partial charge in [-0.15, -0.1) is 0 Å². The molecule has 0 saturated heterocycles. The first-order chi connectivity index (χ1) is 10.6. The van der Waals surface area contributed by atoms with Crippen LogP contribution in [0.3, 0.4) is 0 Å². The molecule has 0 aliphatic rings. The Kier molecular flexibility index (Phi) is 5.82. The highest BCUT2D eigenvalue weighted by Gasteiger charge is 2.08. The smallest absolute Gasteiger partial charge is 0.119 e. The van der Waals surface area contributed by atoms with E-state index in [9.17, 15) is 5.11 Å². The van der Waals surface area contributed by atoms with Crippen LogP contribution in [0.1, 0.15) is 11.1 Å². The predicted octanol–water partition coefficient (Wildman–Crippen LogP) is 3.48. The highest BCUT2D eigenvalue weighted by atomic mass is 79.9. The third-order valence-corrected chi connectivity index (χ3v) is 3.56. The summed E-state index contributed by atoms with van der Waals surface area (Å²) in [4.78, 5) is 0. The average Bonchev–Trinajstić information content (AvgIpc) is 2.51. The number of ether oxygens (including phenoxy) is 1. The minimum absolute atomic E-state index is 0.189. The summed E-state index contributed by atoms with van der Waals surface area (Å²) in [5.41, 5.74) is 2.33. The van der Waals surface area contributed by atoms with Crippen molar-refractivity contribution >= 4 is 21.6 Å². The molecule has 1 unspecified atom stereocenters. The van der Waals surface area contributed by atoms with E-state index < -0.39 is 6.10 Å². The maximum Gasteiger partial charge on any atom is 0.119 e. The number of hydrogen-bond acceptors (Lipinski definition) is 4. The monoisotopic (exact) mass is 360 g/mol. The van der Waals surface area contributed by atoms with Crippen LogP contribution >= 0.6 is 15.9 Å². The van der Waals surface area contributed by atoms with Crippen LogP contribution in [0.4, 0.5) is 5.69 Å². The zero-order chi connectivity index (χ0) is 15.9. The number of halogens is 1. The Hall–Kier alpha value is -2.03. The Balaban J connectivity index is 1.85. The van der Waals surface area contributed by atoms with E-state index in [0.717, 1.165) is 15.8 Å². The van der Waals surface area contributed by atoms with Gasteiger partial charge in [-0.2, -0.15) is 5.26 Å². The number of nitrogens with one attached hydrogen (secondary N) is 1. The normalized spacial score (nSPS) is 11.5. The van der Waals surface area contributed by atoms with Crippen molar-refractivity contribution < 1.29 is 9.84 Å². The topological polar surface area (TPSA) is 65.3 Å². The molecular weight excluding hydrogens is 344 g/mol. The number of benzene rings is 2. The van der Waals surface area contributed by atoms with Gasteiger partial charge >= 0.3 is 0 Å². The lowest BCUT2D eigenvalue weighted by atomic mass is 10.2. The Morgan fingerprint density at radius 3 is 2.86 bits per heavy atom. The molecule has 114 valence electrons. The fourth-order valence-electron chi connectivity index (χ4n) is 1.95. The summed E-state index contributed by atoms with van der Waals surface area (Å²) in [6.07, 6.45) is -0.671. The van der Waals surface area contributed by atoms with Gasteiger partial charge in [0.1, 0.15) is 24.5 Å². The van der Waals surface area contributed by atoms with E-state index in [2.05, 4.69) is 27.3 Å². The molecule has 0 bridgehead atoms. The number of rotatable bonds is 6. The largest absolute Gasteiger partial charge is 0.491 e. The lowest BCUT2D eigenvalue weighted by Gasteiger charge is -2.15. The molecule has 2 N–H and O–H groups in total. The zero-order valence-electron chi connectivity index (χ0n) is 12.2. The van der Waals surface area contributed by atoms with Crippen molar-refractivity contribution in [2.75, 3.05) is 18.5 Å². The van der Waals surface area contributed by atoms with E-state index in [1.54, 1.807) is 12.1 Å². The fraction of sp³-hybridized carbons (Fsp3) is 0.235. The lowest BCUT2D eigenvalue weighted by Crippen LogP contribution is -2.26. The van der Waals surface area contributed by atoms with Crippen LogP contribution in [0.15, 0.2) is 46.9 Å². The third-order valence-electron chi connectivity index (χ3n) is 3.06. The van der Waals surface area contributed by atoms with Crippen LogP contribution in [0.25, 0.3) is 0 Å². The van der Waals surface area contributed by atoms with Crippen molar-refractivity contribution in [2.24, 2.45) is 0 Å². The highest BCUT2D eigenvalue weighted by molar-refractivity contribution is 9.10. The van der Waals surface area contributed by atoms with Gasteiger partial charge < -0.3 is 15.2 Å². The summed E-state index contributed by atoms with van der Waals surface area (Å²) in [6, 6.07) is 15.2. The average molecular weight is 361 g/mol. The Bertz CT molecular complexity index is 683. The van der Waals surface area contributed by atoms with E-state index in [0.29, 0.717) is 17.8 Å². The SMILES string of the molecule is Cc1cccc(OCC(O)CNc2ccc(Br)cc2C#N)c1. The van der Waals surface area contributed by atoms with Crippen LogP contribution in [0, 0.1) is 18.3 Å². The van der Waals surface area contributed by atoms with Crippen molar-refractivity contribution in [1.82, 2.24) is 0 Å². The lowest BCUT2D eigenvalue weighted by molar-refractivity contribution is 0.117. The van der Waals surface area contributed by atoms with E-state index in [1.165, 1.54) is 0 Å². The molecule has 2 aromatic carbocycles. The summed E-state index contributed by atoms with van der Waals surface area (Å²) in [7, 11) is 0. The second-order valence-corrected chi connectivity index (χ2v) is 5.88. The Labute approximate surface area is 138 Å². The van der Waals surface area contributed by atoms with Gasteiger partial charge in [-0.25, -0.2) is 0 Å². The molecule has 0 fully saturated rings. The molecule has 0 aliphatic heterocycles. The first-order valence-electron chi connectivity index (χ1n) is 6.89. The summed E-state index contributed by atoms with van der Waals surface area (Å²) in [6.45, 7) is 2.48. The third kappa shape index (κ3) is 4.76. The Morgan fingerprint density at radius 2 is 2.14 bits per heavy atom. The fourth-order valence-corrected chi connectivity index (χ4v) is 2.31. The van der Waals surface area contributed by atoms with Gasteiger partial charge in [-0.1, -0.05) is 28.1 Å². The van der Waals surface area contributed by atoms with Gasteiger partial charge in [-0.05, 0) is 42.8 Å². The number of nitrogens with zero attached hydrogens (tertiary/aromatic N) is 1. The van der Waals surface area contributed by atoms with Crippen molar-refractivity contribution in [3.05, 3.63) is 58.1 Å². The van der Waals surface area contributed by atoms with Crippen LogP contribution in [0.5, 0.6) is 5.75 Å². The summed E-state index contributed by atoms with van der Waals surface area (Å²) in [5.74, 6) is 0.736. The predicted molar refractivity (Wildman–Crippen MR) is 90.0 cm³/mol. The molecule has 0 radical (unpaired) electrons. The standard InChI is InChI=1S/C17H17BrN2O2/c1-12-3-2-4-16(7-12)22-11-15(21)10-20-17-6-5-14(18)8-13(17)9-19/h2-8,15,20-21H,10-11H2,1H3. The quantitative estimate of drug-likeness (QED) is 0.827. The second-order valence-electron chi connectivity index (χ2n) is 4.96. The van der Waals surface area contributed by atoms with Gasteiger partial charge in [0.15, 0.2) is 0 Å². The first-order valence-corrected chi connectivity index (χ1v) is 7.69. The molecule has 2 rings (SSSR count). The molecule has 0 aliphatic carbocycles.